The van der Waals surface area contributed by atoms with E-state index in [1.807, 2.05) is 20.8 Å². The van der Waals surface area contributed by atoms with Gasteiger partial charge in [-0.3, -0.25) is 9.59 Å². The third-order valence-electron chi connectivity index (χ3n) is 16.0. The molecule has 5 aliphatic rings. The van der Waals surface area contributed by atoms with Gasteiger partial charge < -0.3 is 19.3 Å². The molecule has 1 N–H and O–H groups in total. The molecule has 5 rings (SSSR count). The number of esters is 2. The van der Waals surface area contributed by atoms with Crippen molar-refractivity contribution in [2.24, 2.45) is 62.1 Å². The van der Waals surface area contributed by atoms with Crippen LogP contribution in [0, 0.1) is 62.1 Å². The van der Waals surface area contributed by atoms with Gasteiger partial charge in [0.1, 0.15) is 18.3 Å². The number of hydrogen-bond acceptors (Lipinski definition) is 6. The standard InChI is InChI=1S/C43H70O7.CH4/c1-27(2)28-15-20-43(23-24-48-26-34(45)50-37(3,4)5)22-21-41(11)29(35(28)43)13-14-31-40(10)18-17-32(49-33(44)25-38(6,7)36(46)47)39(8,9)30(40)16-19-42(31,41)12;/h28-32,35H,1,13-26H2,2-12H3,(H,46,47);1H4/t28-,29+,30-,31+,32-,35+,40-,41+,42+,43+;/m0./s1. The van der Waals surface area contributed by atoms with Gasteiger partial charge in [0.2, 0.25) is 0 Å². The maximum atomic E-state index is 13.1. The predicted octanol–water partition coefficient (Wildman–Crippen LogP) is 10.4. The number of rotatable bonds is 10. The molecular formula is C44H74O7. The third-order valence-corrected chi connectivity index (χ3v) is 16.0. The number of carboxylic acid groups (broad SMARTS) is 1. The van der Waals surface area contributed by atoms with Crippen molar-refractivity contribution in [2.45, 2.75) is 172 Å². The van der Waals surface area contributed by atoms with Gasteiger partial charge in [0.05, 0.1) is 11.8 Å². The summed E-state index contributed by atoms with van der Waals surface area (Å²) in [5.74, 6) is 1.15. The van der Waals surface area contributed by atoms with Crippen molar-refractivity contribution in [1.82, 2.24) is 0 Å². The minimum atomic E-state index is -1.14. The van der Waals surface area contributed by atoms with E-state index in [-0.39, 0.29) is 59.6 Å². The van der Waals surface area contributed by atoms with Crippen molar-refractivity contribution in [2.75, 3.05) is 13.2 Å². The Morgan fingerprint density at radius 2 is 1.47 bits per heavy atom. The van der Waals surface area contributed by atoms with Gasteiger partial charge in [-0.25, -0.2) is 4.79 Å². The molecule has 0 spiro atoms. The molecule has 0 aromatic carbocycles. The number of hydrogen-bond donors (Lipinski definition) is 1. The number of carbonyl (C=O) groups is 3. The van der Waals surface area contributed by atoms with E-state index in [0.717, 1.165) is 25.7 Å². The summed E-state index contributed by atoms with van der Waals surface area (Å²) < 4.78 is 17.7. The summed E-state index contributed by atoms with van der Waals surface area (Å²) in [5.41, 5.74) is 0.320. The molecule has 5 aliphatic carbocycles. The predicted molar refractivity (Wildman–Crippen MR) is 203 cm³/mol. The van der Waals surface area contributed by atoms with E-state index in [1.54, 1.807) is 13.8 Å². The second kappa shape index (κ2) is 14.1. The fraction of sp³-hybridized carbons (Fsp3) is 0.886. The smallest absolute Gasteiger partial charge is 0.332 e. The van der Waals surface area contributed by atoms with Crippen molar-refractivity contribution >= 4 is 17.9 Å². The second-order valence-corrected chi connectivity index (χ2v) is 20.6. The summed E-state index contributed by atoms with van der Waals surface area (Å²) in [5, 5.41) is 9.59. The first-order chi connectivity index (χ1) is 22.9. The highest BCUT2D eigenvalue weighted by molar-refractivity contribution is 5.81. The second-order valence-electron chi connectivity index (χ2n) is 20.6. The summed E-state index contributed by atoms with van der Waals surface area (Å²) in [6.07, 6.45) is 12.2. The molecule has 0 heterocycles. The van der Waals surface area contributed by atoms with Crippen molar-refractivity contribution in [3.05, 3.63) is 12.2 Å². The Morgan fingerprint density at radius 1 is 0.804 bits per heavy atom. The molecule has 51 heavy (non-hydrogen) atoms. The minimum absolute atomic E-state index is 0. The van der Waals surface area contributed by atoms with Crippen LogP contribution < -0.4 is 0 Å². The van der Waals surface area contributed by atoms with Crippen molar-refractivity contribution < 1.29 is 33.7 Å². The van der Waals surface area contributed by atoms with Crippen LogP contribution in [0.2, 0.25) is 0 Å². The average Bonchev–Trinajstić information content (AvgIpc) is 3.36. The van der Waals surface area contributed by atoms with Gasteiger partial charge in [-0.2, -0.15) is 0 Å². The molecule has 10 atom stereocenters. The molecule has 0 amide bonds. The van der Waals surface area contributed by atoms with E-state index in [4.69, 9.17) is 14.2 Å². The molecule has 0 aliphatic heterocycles. The Hall–Kier alpha value is -1.89. The average molecular weight is 715 g/mol. The molecule has 0 aromatic rings. The summed E-state index contributed by atoms with van der Waals surface area (Å²) in [7, 11) is 0. The fourth-order valence-electron chi connectivity index (χ4n) is 13.3. The Bertz CT molecular complexity index is 1340. The van der Waals surface area contributed by atoms with Crippen molar-refractivity contribution in [1.29, 1.82) is 0 Å². The van der Waals surface area contributed by atoms with Crippen LogP contribution in [0.25, 0.3) is 0 Å². The number of ether oxygens (including phenoxy) is 3. The van der Waals surface area contributed by atoms with Crippen LogP contribution in [0.15, 0.2) is 12.2 Å². The highest BCUT2D eigenvalue weighted by Gasteiger charge is 2.71. The normalized spacial score (nSPS) is 40.0. The molecule has 5 fully saturated rings. The van der Waals surface area contributed by atoms with E-state index in [0.29, 0.717) is 36.2 Å². The van der Waals surface area contributed by atoms with Gasteiger partial charge >= 0.3 is 17.9 Å². The monoisotopic (exact) mass is 715 g/mol. The largest absolute Gasteiger partial charge is 0.481 e. The molecular weight excluding hydrogens is 640 g/mol. The summed E-state index contributed by atoms with van der Waals surface area (Å²) in [6.45, 7) is 28.8. The molecule has 5 saturated carbocycles. The molecule has 0 aromatic heterocycles. The highest BCUT2D eigenvalue weighted by atomic mass is 16.6. The van der Waals surface area contributed by atoms with Crippen molar-refractivity contribution in [3.8, 4) is 0 Å². The van der Waals surface area contributed by atoms with E-state index >= 15 is 0 Å². The molecule has 7 nitrogen and oxygen atoms in total. The van der Waals surface area contributed by atoms with Gasteiger partial charge in [-0.05, 0) is 163 Å². The quantitative estimate of drug-likeness (QED) is 0.137. The Kier molecular flexibility index (Phi) is 11.5. The zero-order valence-corrected chi connectivity index (χ0v) is 33.5. The number of carboxylic acids is 1. The third kappa shape index (κ3) is 7.21. The summed E-state index contributed by atoms with van der Waals surface area (Å²) in [6, 6.07) is 0. The van der Waals surface area contributed by atoms with Crippen LogP contribution in [-0.2, 0) is 28.6 Å². The topological polar surface area (TPSA) is 99.1 Å². The van der Waals surface area contributed by atoms with Gasteiger partial charge in [-0.15, -0.1) is 0 Å². The van der Waals surface area contributed by atoms with E-state index < -0.39 is 23.0 Å². The number of aliphatic carboxylic acids is 1. The Labute approximate surface area is 310 Å². The van der Waals surface area contributed by atoms with E-state index in [9.17, 15) is 19.5 Å². The van der Waals surface area contributed by atoms with Crippen LogP contribution in [0.1, 0.15) is 161 Å². The van der Waals surface area contributed by atoms with Crippen LogP contribution >= 0.6 is 0 Å². The zero-order valence-electron chi connectivity index (χ0n) is 33.5. The Balaban J connectivity index is 0.00000583. The first-order valence-corrected chi connectivity index (χ1v) is 19.8. The number of carbonyl (C=O) groups excluding carboxylic acids is 2. The van der Waals surface area contributed by atoms with E-state index in [1.165, 1.54) is 50.5 Å². The minimum Gasteiger partial charge on any atom is -0.481 e. The SMILES string of the molecule is C.C=C(C)[C@@H]1CC[C@]2(CCOCC(=O)OC(C)(C)C)CC[C@]3(C)[C@H](CC[C@@H]4[C@@]5(C)CC[C@H](OC(=O)CC(C)(C)C(=O)O)C(C)(C)[C@@H]5CC[C@]43C)[C@@H]12. The maximum Gasteiger partial charge on any atom is 0.332 e. The highest BCUT2D eigenvalue weighted by Crippen LogP contribution is 2.78. The van der Waals surface area contributed by atoms with Gasteiger partial charge in [0, 0.05) is 12.0 Å². The van der Waals surface area contributed by atoms with E-state index in [2.05, 4.69) is 48.1 Å². The van der Waals surface area contributed by atoms with Gasteiger partial charge in [0.15, 0.2) is 0 Å². The Morgan fingerprint density at radius 3 is 2.08 bits per heavy atom. The lowest BCUT2D eigenvalue weighted by molar-refractivity contribution is -0.251. The molecule has 292 valence electrons. The lowest BCUT2D eigenvalue weighted by atomic mass is 9.32. The molecule has 0 bridgehead atoms. The molecule has 7 heteroatoms. The van der Waals surface area contributed by atoms with Gasteiger partial charge in [-0.1, -0.05) is 54.2 Å². The molecule has 0 saturated heterocycles. The number of allylic oxidation sites excluding steroid dienone is 1. The first kappa shape index (κ1) is 41.9. The molecule has 0 unspecified atom stereocenters. The lowest BCUT2D eigenvalue weighted by Gasteiger charge is -2.73. The molecule has 0 radical (unpaired) electrons. The fourth-order valence-corrected chi connectivity index (χ4v) is 13.3. The van der Waals surface area contributed by atoms with Crippen LogP contribution in [0.5, 0.6) is 0 Å². The number of fused-ring (bicyclic) bond motifs is 7. The van der Waals surface area contributed by atoms with Crippen molar-refractivity contribution in [3.63, 3.8) is 0 Å². The zero-order chi connectivity index (χ0) is 37.3. The maximum absolute atomic E-state index is 13.1. The van der Waals surface area contributed by atoms with Crippen LogP contribution in [0.3, 0.4) is 0 Å². The van der Waals surface area contributed by atoms with Crippen LogP contribution in [0.4, 0.5) is 0 Å². The summed E-state index contributed by atoms with van der Waals surface area (Å²) >= 11 is 0. The lowest BCUT2D eigenvalue weighted by Crippen LogP contribution is -2.66. The van der Waals surface area contributed by atoms with Gasteiger partial charge in [0.25, 0.3) is 0 Å². The first-order valence-electron chi connectivity index (χ1n) is 19.8. The summed E-state index contributed by atoms with van der Waals surface area (Å²) in [4.78, 5) is 37.2. The van der Waals surface area contributed by atoms with Crippen LogP contribution in [-0.4, -0.2) is 47.9 Å².